The van der Waals surface area contributed by atoms with Gasteiger partial charge >= 0.3 is 0 Å². The third-order valence-corrected chi connectivity index (χ3v) is 10.3. The van der Waals surface area contributed by atoms with Crippen LogP contribution < -0.4 is 15.8 Å². The first kappa shape index (κ1) is 27.5. The summed E-state index contributed by atoms with van der Waals surface area (Å²) >= 11 is 0. The second kappa shape index (κ2) is 9.15. The Kier molecular flexibility index (Phi) is 6.13. The summed E-state index contributed by atoms with van der Waals surface area (Å²) in [4.78, 5) is 32.9. The van der Waals surface area contributed by atoms with E-state index in [-0.39, 0.29) is 44.8 Å². The van der Waals surface area contributed by atoms with Crippen molar-refractivity contribution in [3.8, 4) is 5.75 Å². The average molecular weight is 580 g/mol. The number of carbonyl (C=O) groups excluding carboxylic acids is 2. The molecule has 2 unspecified atom stereocenters. The summed E-state index contributed by atoms with van der Waals surface area (Å²) in [5.41, 5.74) is 6.02. The first-order valence-corrected chi connectivity index (χ1v) is 15.0. The molecule has 11 nitrogen and oxygen atoms in total. The van der Waals surface area contributed by atoms with Crippen molar-refractivity contribution in [2.45, 2.75) is 43.0 Å². The molecule has 1 fully saturated rings. The number of hydrogen-bond donors (Lipinski definition) is 4. The molecule has 1 aliphatic carbocycles. The molecular formula is C29H33N5O6S. The number of nitrogen functional groups attached to an aromatic ring is 1. The van der Waals surface area contributed by atoms with Crippen LogP contribution in [0.3, 0.4) is 0 Å². The summed E-state index contributed by atoms with van der Waals surface area (Å²) in [6.07, 6.45) is 0. The van der Waals surface area contributed by atoms with Crippen LogP contribution in [0.1, 0.15) is 62.9 Å². The van der Waals surface area contributed by atoms with Gasteiger partial charge in [-0.3, -0.25) is 9.59 Å². The molecule has 2 atom stereocenters. The normalized spacial score (nSPS) is 24.2. The molecule has 41 heavy (non-hydrogen) atoms. The van der Waals surface area contributed by atoms with E-state index in [1.807, 2.05) is 31.9 Å². The van der Waals surface area contributed by atoms with Crippen molar-refractivity contribution in [2.75, 3.05) is 39.0 Å². The van der Waals surface area contributed by atoms with E-state index in [9.17, 15) is 23.1 Å². The lowest BCUT2D eigenvalue weighted by Gasteiger charge is -2.34. The Labute approximate surface area is 238 Å². The van der Waals surface area contributed by atoms with Crippen molar-refractivity contribution in [3.05, 3.63) is 76.0 Å². The fourth-order valence-corrected chi connectivity index (χ4v) is 7.53. The van der Waals surface area contributed by atoms with Crippen LogP contribution in [0.2, 0.25) is 0 Å². The Morgan fingerprint density at radius 2 is 1.83 bits per heavy atom. The number of benzene rings is 2. The first-order valence-electron chi connectivity index (χ1n) is 13.5. The van der Waals surface area contributed by atoms with Crippen LogP contribution in [0.4, 0.5) is 5.69 Å². The Balaban J connectivity index is 1.43. The number of aryl methyl sites for hydroxylation is 1. The van der Waals surface area contributed by atoms with E-state index in [0.717, 1.165) is 5.56 Å². The second-order valence-electron chi connectivity index (χ2n) is 11.4. The number of ether oxygens (including phenoxy) is 1. The fourth-order valence-electron chi connectivity index (χ4n) is 6.05. The minimum Gasteiger partial charge on any atom is -0.454 e. The third-order valence-electron chi connectivity index (χ3n) is 8.47. The molecule has 0 spiro atoms. The Bertz CT molecular complexity index is 1710. The Morgan fingerprint density at radius 1 is 1.12 bits per heavy atom. The van der Waals surface area contributed by atoms with E-state index in [0.29, 0.717) is 31.7 Å². The number of fused-ring (bicyclic) bond motifs is 5. The van der Waals surface area contributed by atoms with E-state index in [1.54, 1.807) is 37.3 Å². The lowest BCUT2D eigenvalue weighted by Crippen LogP contribution is -2.60. The summed E-state index contributed by atoms with van der Waals surface area (Å²) in [5, 5.41) is 14.8. The standard InChI is InChI=1S/C29H33N5O6S/c1-16(2)18-8-9-19-22(15-18)40-29(37)20-6-5-7-21(30)24(20)26(35)28(19,29)32-27(36)25-17(3)14-23(31-25)41(38,39)34-12-10-33(4)11-13-34/h5-9,14-16,31,37H,10-13,30H2,1-4H3,(H,32,36). The van der Waals surface area contributed by atoms with Gasteiger partial charge in [-0.15, -0.1) is 0 Å². The van der Waals surface area contributed by atoms with Gasteiger partial charge in [0.25, 0.3) is 21.7 Å². The predicted octanol–water partition coefficient (Wildman–Crippen LogP) is 2.02. The van der Waals surface area contributed by atoms with Gasteiger partial charge in [-0.25, -0.2) is 8.42 Å². The Hall–Kier alpha value is -3.71. The van der Waals surface area contributed by atoms with Crippen LogP contribution in [0, 0.1) is 6.92 Å². The molecule has 2 aliphatic heterocycles. The number of H-pyrrole nitrogens is 1. The van der Waals surface area contributed by atoms with Crippen molar-refractivity contribution in [1.82, 2.24) is 19.5 Å². The van der Waals surface area contributed by atoms with Crippen LogP contribution in [-0.2, 0) is 21.3 Å². The zero-order valence-electron chi connectivity index (χ0n) is 23.3. The number of nitrogens with zero attached hydrogens (tertiary/aromatic N) is 2. The summed E-state index contributed by atoms with van der Waals surface area (Å²) in [7, 11) is -1.96. The van der Waals surface area contributed by atoms with E-state index in [4.69, 9.17) is 10.5 Å². The zero-order valence-corrected chi connectivity index (χ0v) is 24.1. The number of anilines is 1. The minimum absolute atomic E-state index is 0.0431. The topological polar surface area (TPSA) is 158 Å². The number of aromatic amines is 1. The molecule has 2 aromatic carbocycles. The van der Waals surface area contributed by atoms with Crippen LogP contribution in [0.15, 0.2) is 47.5 Å². The van der Waals surface area contributed by atoms with E-state index < -0.39 is 33.0 Å². The number of likely N-dealkylation sites (N-methyl/N-ethyl adjacent to an activating group) is 1. The number of rotatable bonds is 5. The molecule has 12 heteroatoms. The highest BCUT2D eigenvalue weighted by Crippen LogP contribution is 2.59. The fraction of sp³-hybridized carbons (Fsp3) is 0.379. The van der Waals surface area contributed by atoms with Crippen molar-refractivity contribution >= 4 is 27.4 Å². The van der Waals surface area contributed by atoms with Gasteiger partial charge in [-0.2, -0.15) is 4.31 Å². The quantitative estimate of drug-likeness (QED) is 0.334. The molecule has 5 N–H and O–H groups in total. The predicted molar refractivity (Wildman–Crippen MR) is 151 cm³/mol. The van der Waals surface area contributed by atoms with Gasteiger partial charge in [0.2, 0.25) is 11.3 Å². The average Bonchev–Trinajstić information content (AvgIpc) is 3.50. The molecule has 1 aromatic heterocycles. The van der Waals surface area contributed by atoms with E-state index in [1.165, 1.54) is 10.4 Å². The van der Waals surface area contributed by atoms with Crippen LogP contribution >= 0.6 is 0 Å². The van der Waals surface area contributed by atoms with Crippen LogP contribution in [0.25, 0.3) is 0 Å². The van der Waals surface area contributed by atoms with Crippen molar-refractivity contribution in [1.29, 1.82) is 0 Å². The minimum atomic E-state index is -3.89. The Morgan fingerprint density at radius 3 is 2.51 bits per heavy atom. The number of aliphatic hydroxyl groups is 1. The number of nitrogens with one attached hydrogen (secondary N) is 2. The highest BCUT2D eigenvalue weighted by atomic mass is 32.2. The van der Waals surface area contributed by atoms with Crippen LogP contribution in [0.5, 0.6) is 5.75 Å². The molecule has 6 rings (SSSR count). The number of hydrogen-bond acceptors (Lipinski definition) is 8. The van der Waals surface area contributed by atoms with Crippen molar-refractivity contribution in [3.63, 3.8) is 0 Å². The number of piperazine rings is 1. The monoisotopic (exact) mass is 579 g/mol. The molecule has 0 saturated carbocycles. The first-order chi connectivity index (χ1) is 19.3. The van der Waals surface area contributed by atoms with Crippen molar-refractivity contribution < 1.29 is 27.9 Å². The molecule has 3 aromatic rings. The van der Waals surface area contributed by atoms with E-state index >= 15 is 0 Å². The summed E-state index contributed by atoms with van der Waals surface area (Å²) in [5.74, 6) is -3.26. The van der Waals surface area contributed by atoms with Crippen molar-refractivity contribution in [2.24, 2.45) is 0 Å². The number of Topliss-reactive ketones (excluding diaryl/α,β-unsaturated/α-hetero) is 1. The van der Waals surface area contributed by atoms with Gasteiger partial charge < -0.3 is 30.8 Å². The number of carbonyl (C=O) groups is 2. The maximum absolute atomic E-state index is 14.2. The summed E-state index contributed by atoms with van der Waals surface area (Å²) in [6, 6.07) is 11.4. The third kappa shape index (κ3) is 3.78. The van der Waals surface area contributed by atoms with Crippen LogP contribution in [-0.4, -0.2) is 72.6 Å². The van der Waals surface area contributed by atoms with Gasteiger partial charge in [0, 0.05) is 43.0 Å². The number of sulfonamides is 1. The number of amides is 1. The lowest BCUT2D eigenvalue weighted by atomic mass is 9.82. The molecule has 0 bridgehead atoms. The summed E-state index contributed by atoms with van der Waals surface area (Å²) in [6.45, 7) is 7.47. The summed E-state index contributed by atoms with van der Waals surface area (Å²) < 4.78 is 34.2. The lowest BCUT2D eigenvalue weighted by molar-refractivity contribution is -0.169. The molecule has 3 aliphatic rings. The van der Waals surface area contributed by atoms with Gasteiger partial charge in [-0.1, -0.05) is 38.1 Å². The molecule has 3 heterocycles. The zero-order chi connectivity index (χ0) is 29.5. The molecule has 1 saturated heterocycles. The maximum Gasteiger partial charge on any atom is 0.271 e. The highest BCUT2D eigenvalue weighted by molar-refractivity contribution is 7.89. The smallest absolute Gasteiger partial charge is 0.271 e. The highest BCUT2D eigenvalue weighted by Gasteiger charge is 2.72. The van der Waals surface area contributed by atoms with E-state index in [2.05, 4.69) is 10.3 Å². The number of nitrogens with two attached hydrogens (primary N) is 1. The molecule has 1 amide bonds. The second-order valence-corrected chi connectivity index (χ2v) is 13.3. The number of ketones is 1. The molecule has 216 valence electrons. The molecular weight excluding hydrogens is 546 g/mol. The number of aromatic nitrogens is 1. The maximum atomic E-state index is 14.2. The molecule has 0 radical (unpaired) electrons. The van der Waals surface area contributed by atoms with Gasteiger partial charge in [0.1, 0.15) is 16.5 Å². The largest absolute Gasteiger partial charge is 0.454 e. The van der Waals surface area contributed by atoms with Gasteiger partial charge in [-0.05, 0) is 49.2 Å². The SMILES string of the molecule is Cc1cc(S(=O)(=O)N2CCN(C)CC2)[nH]c1C(=O)NC12C(=O)c3c(N)cccc3C1(O)Oc1cc(C(C)C)ccc12. The van der Waals surface area contributed by atoms with Gasteiger partial charge in [0.15, 0.2) is 0 Å². The van der Waals surface area contributed by atoms with Gasteiger partial charge in [0.05, 0.1) is 5.56 Å².